The van der Waals surface area contributed by atoms with Gasteiger partial charge in [-0.05, 0) is 13.0 Å². The average Bonchev–Trinajstić information content (AvgIpc) is 3.51. The lowest BCUT2D eigenvalue weighted by Gasteiger charge is -2.49. The second-order valence-electron chi connectivity index (χ2n) is 8.78. The van der Waals surface area contributed by atoms with E-state index in [9.17, 15) is 24.3 Å². The minimum atomic E-state index is -1.40. The third-order valence-electron chi connectivity index (χ3n) is 6.15. The molecule has 1 unspecified atom stereocenters. The molecule has 2 aliphatic heterocycles. The van der Waals surface area contributed by atoms with Gasteiger partial charge in [-0.3, -0.25) is 14.5 Å². The highest BCUT2D eigenvalue weighted by molar-refractivity contribution is 8.00. The van der Waals surface area contributed by atoms with Crippen LogP contribution in [0.2, 0.25) is 4.34 Å². The van der Waals surface area contributed by atoms with Gasteiger partial charge in [-0.2, -0.15) is 0 Å². The molecule has 14 nitrogen and oxygen atoms in total. The summed E-state index contributed by atoms with van der Waals surface area (Å²) < 4.78 is 1.84. The number of carboxylic acid groups (broad SMARTS) is 2. The van der Waals surface area contributed by atoms with Gasteiger partial charge < -0.3 is 31.1 Å². The largest absolute Gasteiger partial charge is 0.478 e. The molecule has 2 amide bonds. The lowest BCUT2D eigenvalue weighted by atomic mass is 10.0. The molecule has 6 N–H and O–H groups in total. The van der Waals surface area contributed by atoms with Crippen LogP contribution < -0.4 is 15.6 Å². The van der Waals surface area contributed by atoms with E-state index in [1.54, 1.807) is 6.20 Å². The summed E-state index contributed by atoms with van der Waals surface area (Å²) in [6.07, 6.45) is 4.09. The number of nitrogen functional groups attached to an aromatic ring is 1. The second kappa shape index (κ2) is 10.8. The van der Waals surface area contributed by atoms with Gasteiger partial charge in [0.25, 0.3) is 11.8 Å². The number of carbonyl (C=O) groups is 4. The standard InChI is InChI=1S/C23H20ClN7O7S2/c1-9(21(34)35)38-29-14(13-17(24)40-23(25)28-13)18(32)27-15-19(33)31-16(22(36)37)11(8-39-20(15)31)7-30-5-3-12-10(6-30)2-4-26-12/h2-6,9,15,20H,7-8H2,1H3,(H5,25,27,28,32,34,35,36,37)/p+1/t9-,15+,20?/m0/s1. The maximum Gasteiger partial charge on any atom is 0.352 e. The Bertz CT molecular complexity index is 1620. The zero-order valence-electron chi connectivity index (χ0n) is 20.5. The minimum Gasteiger partial charge on any atom is -0.478 e. The first-order chi connectivity index (χ1) is 19.0. The summed E-state index contributed by atoms with van der Waals surface area (Å²) in [7, 11) is 0. The van der Waals surface area contributed by atoms with Crippen molar-refractivity contribution in [2.75, 3.05) is 11.5 Å². The fourth-order valence-electron chi connectivity index (χ4n) is 4.21. The molecule has 5 heterocycles. The topological polar surface area (TPSA) is 204 Å². The minimum absolute atomic E-state index is 0.00245. The number of nitrogens with zero attached hydrogens (tertiary/aromatic N) is 4. The van der Waals surface area contributed by atoms with Crippen LogP contribution in [0.5, 0.6) is 0 Å². The number of pyridine rings is 1. The second-order valence-corrected chi connectivity index (χ2v) is 11.5. The summed E-state index contributed by atoms with van der Waals surface area (Å²) in [4.78, 5) is 62.9. The number of halogens is 1. The van der Waals surface area contributed by atoms with Gasteiger partial charge in [0.1, 0.15) is 27.1 Å². The first-order valence-corrected chi connectivity index (χ1v) is 13.8. The third kappa shape index (κ3) is 5.07. The number of hydrogen-bond donors (Lipinski definition) is 5. The van der Waals surface area contributed by atoms with Gasteiger partial charge in [0.15, 0.2) is 29.8 Å². The predicted molar refractivity (Wildman–Crippen MR) is 144 cm³/mol. The molecule has 0 radical (unpaired) electrons. The number of anilines is 1. The van der Waals surface area contributed by atoms with Crippen molar-refractivity contribution in [3.63, 3.8) is 0 Å². The molecule has 3 aromatic rings. The summed E-state index contributed by atoms with van der Waals surface area (Å²) in [6.45, 7) is 1.46. The number of aromatic nitrogens is 3. The van der Waals surface area contributed by atoms with Crippen molar-refractivity contribution in [2.24, 2.45) is 5.16 Å². The molecule has 17 heteroatoms. The van der Waals surface area contributed by atoms with Crippen LogP contribution in [0.25, 0.3) is 10.9 Å². The zero-order chi connectivity index (χ0) is 28.7. The number of aromatic amines is 1. The normalized spacial score (nSPS) is 19.7. The van der Waals surface area contributed by atoms with E-state index in [-0.39, 0.29) is 27.4 Å². The summed E-state index contributed by atoms with van der Waals surface area (Å²) >= 11 is 8.30. The van der Waals surface area contributed by atoms with Gasteiger partial charge in [-0.25, -0.2) is 19.1 Å². The number of β-lactam (4-membered cyclic amide) rings is 1. The Morgan fingerprint density at radius 2 is 2.17 bits per heavy atom. The molecular weight excluding hydrogens is 586 g/mol. The monoisotopic (exact) mass is 606 g/mol. The number of amides is 2. The van der Waals surface area contributed by atoms with Crippen LogP contribution >= 0.6 is 34.7 Å². The fraction of sp³-hybridized carbons (Fsp3) is 0.261. The van der Waals surface area contributed by atoms with Crippen LogP contribution in [0.4, 0.5) is 5.13 Å². The highest BCUT2D eigenvalue weighted by atomic mass is 35.5. The fourth-order valence-corrected chi connectivity index (χ4v) is 6.47. The van der Waals surface area contributed by atoms with Gasteiger partial charge >= 0.3 is 11.9 Å². The number of rotatable bonds is 9. The number of oxime groups is 1. The molecule has 3 atom stereocenters. The molecule has 0 aliphatic carbocycles. The number of nitrogens with one attached hydrogen (secondary N) is 2. The van der Waals surface area contributed by atoms with E-state index in [4.69, 9.17) is 27.3 Å². The molecule has 5 rings (SSSR count). The number of H-pyrrole nitrogens is 1. The van der Waals surface area contributed by atoms with Crippen LogP contribution in [0.1, 0.15) is 12.6 Å². The molecule has 1 fully saturated rings. The van der Waals surface area contributed by atoms with Gasteiger partial charge in [0.05, 0.1) is 10.9 Å². The summed E-state index contributed by atoms with van der Waals surface area (Å²) in [6, 6.07) is 2.68. The summed E-state index contributed by atoms with van der Waals surface area (Å²) in [5.74, 6) is -3.84. The van der Waals surface area contributed by atoms with E-state index in [1.165, 1.54) is 18.7 Å². The summed E-state index contributed by atoms with van der Waals surface area (Å²) in [5, 5.41) is 25.5. The van der Waals surface area contributed by atoms with E-state index in [0.717, 1.165) is 27.1 Å². The Balaban J connectivity index is 1.37. The van der Waals surface area contributed by atoms with Crippen LogP contribution in [0.3, 0.4) is 0 Å². The van der Waals surface area contributed by atoms with E-state index in [2.05, 4.69) is 20.4 Å². The number of thiazole rings is 1. The predicted octanol–water partition coefficient (Wildman–Crippen LogP) is 0.780. The third-order valence-corrected chi connectivity index (χ3v) is 8.57. The number of hydrogen-bond acceptors (Lipinski definition) is 10. The van der Waals surface area contributed by atoms with Crippen LogP contribution in [0.15, 0.2) is 47.1 Å². The maximum atomic E-state index is 13.2. The Labute approximate surface area is 238 Å². The SMILES string of the molecule is C[C@H](ON=C(C(=O)N[C@@H]1C(=O)N2C(C(=O)O)=C(C[n+]3ccc4[nH]ccc4c3)CSC12)c1nc(N)sc1Cl)C(=O)O. The van der Waals surface area contributed by atoms with E-state index in [0.29, 0.717) is 11.3 Å². The molecular formula is C23H21ClN7O7S2+. The number of fused-ring (bicyclic) bond motifs is 2. The molecule has 208 valence electrons. The van der Waals surface area contributed by atoms with Gasteiger partial charge in [-0.15, -0.1) is 11.8 Å². The van der Waals surface area contributed by atoms with Crippen molar-refractivity contribution < 1.29 is 38.8 Å². The van der Waals surface area contributed by atoms with Crippen LogP contribution in [0, 0.1) is 0 Å². The zero-order valence-corrected chi connectivity index (χ0v) is 22.9. The van der Waals surface area contributed by atoms with E-state index in [1.807, 2.05) is 29.1 Å². The number of thioether (sulfide) groups is 1. The van der Waals surface area contributed by atoms with Crippen molar-refractivity contribution in [3.05, 3.63) is 52.0 Å². The molecule has 3 aromatic heterocycles. The Morgan fingerprint density at radius 3 is 2.85 bits per heavy atom. The highest BCUT2D eigenvalue weighted by Crippen LogP contribution is 2.40. The first kappa shape index (κ1) is 27.4. The summed E-state index contributed by atoms with van der Waals surface area (Å²) in [5.41, 5.74) is 6.38. The van der Waals surface area contributed by atoms with Gasteiger partial charge in [0.2, 0.25) is 6.10 Å². The Hall–Kier alpha value is -4.15. The number of carboxylic acids is 2. The highest BCUT2D eigenvalue weighted by Gasteiger charge is 2.55. The number of nitrogens with two attached hydrogens (primary N) is 1. The van der Waals surface area contributed by atoms with E-state index >= 15 is 0 Å². The Morgan fingerprint density at radius 1 is 1.40 bits per heavy atom. The van der Waals surface area contributed by atoms with Crippen molar-refractivity contribution >= 4 is 80.2 Å². The molecule has 0 spiro atoms. The van der Waals surface area contributed by atoms with Gasteiger partial charge in [0, 0.05) is 23.6 Å². The van der Waals surface area contributed by atoms with Crippen LogP contribution in [-0.2, 0) is 30.6 Å². The van der Waals surface area contributed by atoms with Gasteiger partial charge in [-0.1, -0.05) is 28.1 Å². The molecule has 0 bridgehead atoms. The molecule has 40 heavy (non-hydrogen) atoms. The molecule has 0 aromatic carbocycles. The average molecular weight is 607 g/mol. The molecule has 2 aliphatic rings. The first-order valence-electron chi connectivity index (χ1n) is 11.6. The number of aliphatic carboxylic acids is 2. The lowest BCUT2D eigenvalue weighted by molar-refractivity contribution is -0.687. The quantitative estimate of drug-likeness (QED) is 0.100. The molecule has 1 saturated heterocycles. The van der Waals surface area contributed by atoms with Crippen molar-refractivity contribution in [3.8, 4) is 0 Å². The lowest BCUT2D eigenvalue weighted by Crippen LogP contribution is -2.71. The van der Waals surface area contributed by atoms with Crippen molar-refractivity contribution in [2.45, 2.75) is 31.0 Å². The number of carbonyl (C=O) groups excluding carboxylic acids is 2. The smallest absolute Gasteiger partial charge is 0.352 e. The van der Waals surface area contributed by atoms with E-state index < -0.39 is 47.0 Å². The van der Waals surface area contributed by atoms with Crippen molar-refractivity contribution in [1.82, 2.24) is 20.2 Å². The molecule has 0 saturated carbocycles. The van der Waals surface area contributed by atoms with Crippen molar-refractivity contribution in [1.29, 1.82) is 0 Å². The Kier molecular flexibility index (Phi) is 7.39. The maximum absolute atomic E-state index is 13.2. The van der Waals surface area contributed by atoms with Crippen LogP contribution in [-0.4, -0.2) is 77.8 Å².